The summed E-state index contributed by atoms with van der Waals surface area (Å²) in [6.07, 6.45) is -4.92. The van der Waals surface area contributed by atoms with Gasteiger partial charge in [0, 0.05) is 0 Å². The zero-order chi connectivity index (χ0) is 11.6. The third-order valence-corrected chi connectivity index (χ3v) is 2.54. The predicted molar refractivity (Wildman–Crippen MR) is 46.0 cm³/mol. The second kappa shape index (κ2) is 4.01. The van der Waals surface area contributed by atoms with E-state index >= 15 is 0 Å². The number of thiophene rings is 1. The third kappa shape index (κ3) is 2.56. The Morgan fingerprint density at radius 2 is 1.80 bits per heavy atom. The van der Waals surface area contributed by atoms with E-state index in [-0.39, 0.29) is 4.88 Å². The lowest BCUT2D eigenvalue weighted by molar-refractivity contribution is -0.0882. The summed E-state index contributed by atoms with van der Waals surface area (Å²) in [5, 5.41) is 0. The van der Waals surface area contributed by atoms with E-state index < -0.39 is 22.8 Å². The SMILES string of the molecule is COC(=O)c1ccc(C(=O)C(F)(F)F)s1. The van der Waals surface area contributed by atoms with Crippen LogP contribution in [0.1, 0.15) is 19.3 Å². The Balaban J connectivity index is 2.95. The van der Waals surface area contributed by atoms with Gasteiger partial charge in [-0.25, -0.2) is 4.79 Å². The average molecular weight is 238 g/mol. The molecule has 0 N–H and O–H groups in total. The maximum absolute atomic E-state index is 12.0. The van der Waals surface area contributed by atoms with Gasteiger partial charge in [0.1, 0.15) is 4.88 Å². The molecule has 1 aromatic heterocycles. The number of carbonyl (C=O) groups is 2. The van der Waals surface area contributed by atoms with Gasteiger partial charge >= 0.3 is 12.1 Å². The van der Waals surface area contributed by atoms with Crippen molar-refractivity contribution < 1.29 is 27.5 Å². The molecule has 0 amide bonds. The highest BCUT2D eigenvalue weighted by Crippen LogP contribution is 2.26. The number of hydrogen-bond donors (Lipinski definition) is 0. The summed E-state index contributed by atoms with van der Waals surface area (Å²) in [6.45, 7) is 0. The summed E-state index contributed by atoms with van der Waals surface area (Å²) in [6, 6.07) is 2.07. The number of ether oxygens (including phenoxy) is 1. The molecule has 7 heteroatoms. The molecule has 0 saturated carbocycles. The molecule has 82 valence electrons. The minimum Gasteiger partial charge on any atom is -0.465 e. The number of ketones is 1. The largest absolute Gasteiger partial charge is 0.465 e. The Morgan fingerprint density at radius 1 is 1.27 bits per heavy atom. The van der Waals surface area contributed by atoms with Gasteiger partial charge in [-0.3, -0.25) is 4.79 Å². The lowest BCUT2D eigenvalue weighted by atomic mass is 10.3. The second-order valence-electron chi connectivity index (χ2n) is 2.48. The maximum Gasteiger partial charge on any atom is 0.455 e. The zero-order valence-electron chi connectivity index (χ0n) is 7.42. The summed E-state index contributed by atoms with van der Waals surface area (Å²) in [7, 11) is 1.10. The molecule has 15 heavy (non-hydrogen) atoms. The molecule has 0 spiro atoms. The summed E-state index contributed by atoms with van der Waals surface area (Å²) < 4.78 is 40.2. The Labute approximate surface area is 86.5 Å². The number of halogens is 3. The highest BCUT2D eigenvalue weighted by molar-refractivity contribution is 7.15. The van der Waals surface area contributed by atoms with E-state index in [9.17, 15) is 22.8 Å². The number of alkyl halides is 3. The first-order chi connectivity index (χ1) is 6.86. The third-order valence-electron chi connectivity index (χ3n) is 1.47. The van der Waals surface area contributed by atoms with E-state index in [0.717, 1.165) is 19.2 Å². The standard InChI is InChI=1S/C8H5F3O3S/c1-14-7(13)5-3-2-4(15-5)6(12)8(9,10)11/h2-3H,1H3. The second-order valence-corrected chi connectivity index (χ2v) is 3.57. The molecule has 0 aliphatic rings. The van der Waals surface area contributed by atoms with E-state index in [1.165, 1.54) is 0 Å². The molecule has 0 radical (unpaired) electrons. The van der Waals surface area contributed by atoms with E-state index in [0.29, 0.717) is 11.3 Å². The van der Waals surface area contributed by atoms with Gasteiger partial charge in [0.2, 0.25) is 0 Å². The molecule has 0 saturated heterocycles. The summed E-state index contributed by atoms with van der Waals surface area (Å²) in [4.78, 5) is 21.1. The minimum absolute atomic E-state index is 0.0369. The molecule has 0 unspecified atom stereocenters. The number of rotatable bonds is 2. The smallest absolute Gasteiger partial charge is 0.455 e. The molecule has 1 aromatic rings. The van der Waals surface area contributed by atoms with Crippen LogP contribution in [-0.4, -0.2) is 25.0 Å². The molecular weight excluding hydrogens is 233 g/mol. The van der Waals surface area contributed by atoms with Crippen molar-refractivity contribution >= 4 is 23.1 Å². The lowest BCUT2D eigenvalue weighted by Crippen LogP contribution is -2.21. The van der Waals surface area contributed by atoms with Crippen molar-refractivity contribution in [1.82, 2.24) is 0 Å². The van der Waals surface area contributed by atoms with Gasteiger partial charge in [0.05, 0.1) is 12.0 Å². The molecule has 1 rings (SSSR count). The van der Waals surface area contributed by atoms with E-state index in [1.54, 1.807) is 0 Å². The molecule has 0 bridgehead atoms. The van der Waals surface area contributed by atoms with Gasteiger partial charge in [-0.1, -0.05) is 0 Å². The van der Waals surface area contributed by atoms with Gasteiger partial charge in [-0.2, -0.15) is 13.2 Å². The molecule has 1 heterocycles. The monoisotopic (exact) mass is 238 g/mol. The number of esters is 1. The fraction of sp³-hybridized carbons (Fsp3) is 0.250. The van der Waals surface area contributed by atoms with Crippen molar-refractivity contribution in [3.63, 3.8) is 0 Å². The number of carbonyl (C=O) groups excluding carboxylic acids is 2. The Kier molecular flexibility index (Phi) is 3.13. The van der Waals surface area contributed by atoms with Crippen molar-refractivity contribution in [3.05, 3.63) is 21.9 Å². The van der Waals surface area contributed by atoms with Crippen LogP contribution in [0.15, 0.2) is 12.1 Å². The van der Waals surface area contributed by atoms with Crippen LogP contribution in [0.4, 0.5) is 13.2 Å². The highest BCUT2D eigenvalue weighted by Gasteiger charge is 2.40. The van der Waals surface area contributed by atoms with Crippen LogP contribution < -0.4 is 0 Å². The van der Waals surface area contributed by atoms with Gasteiger partial charge in [-0.15, -0.1) is 11.3 Å². The van der Waals surface area contributed by atoms with Crippen LogP contribution in [0.5, 0.6) is 0 Å². The molecular formula is C8H5F3O3S. The van der Waals surface area contributed by atoms with Crippen molar-refractivity contribution in [3.8, 4) is 0 Å². The Hall–Kier alpha value is -1.37. The Morgan fingerprint density at radius 3 is 2.27 bits per heavy atom. The number of hydrogen-bond acceptors (Lipinski definition) is 4. The average Bonchev–Trinajstić information content (AvgIpc) is 2.62. The van der Waals surface area contributed by atoms with Crippen molar-refractivity contribution in [2.75, 3.05) is 7.11 Å². The van der Waals surface area contributed by atoms with Crippen molar-refractivity contribution in [1.29, 1.82) is 0 Å². The van der Waals surface area contributed by atoms with Crippen LogP contribution in [0, 0.1) is 0 Å². The lowest BCUT2D eigenvalue weighted by Gasteiger charge is -2.01. The fourth-order valence-corrected chi connectivity index (χ4v) is 1.69. The van der Waals surface area contributed by atoms with Crippen molar-refractivity contribution in [2.45, 2.75) is 6.18 Å². The van der Waals surface area contributed by atoms with Crippen LogP contribution >= 0.6 is 11.3 Å². The molecule has 0 aliphatic carbocycles. The molecule has 0 atom stereocenters. The summed E-state index contributed by atoms with van der Waals surface area (Å²) in [5.41, 5.74) is 0. The first-order valence-corrected chi connectivity index (χ1v) is 4.47. The number of methoxy groups -OCH3 is 1. The fourth-order valence-electron chi connectivity index (χ4n) is 0.810. The van der Waals surface area contributed by atoms with Gasteiger partial charge in [-0.05, 0) is 12.1 Å². The zero-order valence-corrected chi connectivity index (χ0v) is 8.24. The maximum atomic E-state index is 12.0. The predicted octanol–water partition coefficient (Wildman–Crippen LogP) is 2.28. The van der Waals surface area contributed by atoms with Crippen LogP contribution in [0.3, 0.4) is 0 Å². The van der Waals surface area contributed by atoms with Gasteiger partial charge in [0.15, 0.2) is 0 Å². The van der Waals surface area contributed by atoms with Crippen LogP contribution in [0.25, 0.3) is 0 Å². The van der Waals surface area contributed by atoms with Crippen LogP contribution in [0.2, 0.25) is 0 Å². The normalized spacial score (nSPS) is 11.2. The molecule has 0 aromatic carbocycles. The highest BCUT2D eigenvalue weighted by atomic mass is 32.1. The molecule has 0 fully saturated rings. The summed E-state index contributed by atoms with van der Waals surface area (Å²) in [5.74, 6) is -2.72. The van der Waals surface area contributed by atoms with Gasteiger partial charge < -0.3 is 4.74 Å². The quantitative estimate of drug-likeness (QED) is 0.586. The Bertz CT molecular complexity index is 394. The van der Waals surface area contributed by atoms with Crippen LogP contribution in [-0.2, 0) is 4.74 Å². The van der Waals surface area contributed by atoms with Gasteiger partial charge in [0.25, 0.3) is 5.78 Å². The minimum atomic E-state index is -4.92. The van der Waals surface area contributed by atoms with E-state index in [2.05, 4.69) is 4.74 Å². The first-order valence-electron chi connectivity index (χ1n) is 3.66. The van der Waals surface area contributed by atoms with Crippen molar-refractivity contribution in [2.24, 2.45) is 0 Å². The molecule has 0 aliphatic heterocycles. The molecule has 3 nitrogen and oxygen atoms in total. The van der Waals surface area contributed by atoms with E-state index in [4.69, 9.17) is 0 Å². The topological polar surface area (TPSA) is 43.4 Å². The van der Waals surface area contributed by atoms with E-state index in [1.807, 2.05) is 0 Å². The first kappa shape index (κ1) is 11.7. The number of Topliss-reactive ketones (excluding diaryl/α,β-unsaturated/α-hetero) is 1. The summed E-state index contributed by atoms with van der Waals surface area (Å²) >= 11 is 0.456.